The summed E-state index contributed by atoms with van der Waals surface area (Å²) in [5.41, 5.74) is 0. The van der Waals surface area contributed by atoms with E-state index in [1.807, 2.05) is 0 Å². The maximum Gasteiger partial charge on any atom is 0.297 e. The highest BCUT2D eigenvalue weighted by Gasteiger charge is 2.14. The Morgan fingerprint density at radius 3 is 2.50 bits per heavy atom. The van der Waals surface area contributed by atoms with Crippen molar-refractivity contribution in [2.45, 2.75) is 4.90 Å². The van der Waals surface area contributed by atoms with Crippen molar-refractivity contribution in [1.29, 1.82) is 0 Å². The van der Waals surface area contributed by atoms with Crippen molar-refractivity contribution in [1.82, 2.24) is 4.98 Å². The average Bonchev–Trinajstić information content (AvgIpc) is 1.83. The summed E-state index contributed by atoms with van der Waals surface area (Å²) in [6.45, 7) is 0. The van der Waals surface area contributed by atoms with Crippen molar-refractivity contribution in [3.05, 3.63) is 21.9 Å². The SMILES string of the molecule is O=S(=O)(O)c1ccc(Br)nc1Cl. The molecular weight excluding hydrogens is 269 g/mol. The molecule has 0 saturated heterocycles. The van der Waals surface area contributed by atoms with Crippen molar-refractivity contribution < 1.29 is 13.0 Å². The Labute approximate surface area is 82.5 Å². The topological polar surface area (TPSA) is 67.3 Å². The van der Waals surface area contributed by atoms with E-state index in [4.69, 9.17) is 16.2 Å². The number of aromatic nitrogens is 1. The van der Waals surface area contributed by atoms with Crippen molar-refractivity contribution in [2.24, 2.45) is 0 Å². The van der Waals surface area contributed by atoms with Gasteiger partial charge >= 0.3 is 0 Å². The molecular formula is C5H3BrClNO3S. The number of halogens is 2. The molecule has 66 valence electrons. The number of hydrogen-bond donors (Lipinski definition) is 1. The zero-order valence-corrected chi connectivity index (χ0v) is 8.69. The van der Waals surface area contributed by atoms with E-state index in [-0.39, 0.29) is 5.15 Å². The third kappa shape index (κ3) is 2.16. The van der Waals surface area contributed by atoms with E-state index < -0.39 is 15.0 Å². The van der Waals surface area contributed by atoms with E-state index in [0.29, 0.717) is 4.60 Å². The van der Waals surface area contributed by atoms with Crippen molar-refractivity contribution in [2.75, 3.05) is 0 Å². The summed E-state index contributed by atoms with van der Waals surface area (Å²) in [5.74, 6) is 0. The highest BCUT2D eigenvalue weighted by atomic mass is 79.9. The van der Waals surface area contributed by atoms with Gasteiger partial charge in [0.05, 0.1) is 0 Å². The minimum atomic E-state index is -4.27. The van der Waals surface area contributed by atoms with Crippen LogP contribution >= 0.6 is 27.5 Å². The van der Waals surface area contributed by atoms with Gasteiger partial charge in [0.2, 0.25) is 0 Å². The van der Waals surface area contributed by atoms with Crippen LogP contribution in [-0.4, -0.2) is 18.0 Å². The molecule has 0 radical (unpaired) electrons. The molecule has 0 unspecified atom stereocenters. The lowest BCUT2D eigenvalue weighted by molar-refractivity contribution is 0.483. The van der Waals surface area contributed by atoms with Gasteiger partial charge in [0.1, 0.15) is 9.50 Å². The molecule has 0 fully saturated rings. The minimum Gasteiger partial charge on any atom is -0.282 e. The Morgan fingerprint density at radius 1 is 1.50 bits per heavy atom. The van der Waals surface area contributed by atoms with Gasteiger partial charge in [-0.15, -0.1) is 0 Å². The van der Waals surface area contributed by atoms with E-state index in [1.54, 1.807) is 0 Å². The second-order valence-electron chi connectivity index (χ2n) is 1.90. The molecule has 0 aliphatic heterocycles. The van der Waals surface area contributed by atoms with Gasteiger partial charge in [-0.1, -0.05) is 11.6 Å². The molecule has 1 rings (SSSR count). The van der Waals surface area contributed by atoms with Crippen LogP contribution < -0.4 is 0 Å². The molecule has 1 heterocycles. The number of hydrogen-bond acceptors (Lipinski definition) is 3. The summed E-state index contributed by atoms with van der Waals surface area (Å²) in [5, 5.41) is -0.258. The summed E-state index contributed by atoms with van der Waals surface area (Å²) in [6.07, 6.45) is 0. The fourth-order valence-corrected chi connectivity index (χ4v) is 1.95. The first-order valence-electron chi connectivity index (χ1n) is 2.71. The first-order chi connectivity index (χ1) is 5.41. The van der Waals surface area contributed by atoms with Crippen LogP contribution in [0.1, 0.15) is 0 Å². The van der Waals surface area contributed by atoms with Gasteiger partial charge in [-0.25, -0.2) is 4.98 Å². The van der Waals surface area contributed by atoms with Crippen LogP contribution in [0.5, 0.6) is 0 Å². The smallest absolute Gasteiger partial charge is 0.282 e. The normalized spacial score (nSPS) is 11.6. The number of rotatable bonds is 1. The Bertz CT molecular complexity index is 405. The zero-order chi connectivity index (χ0) is 9.35. The van der Waals surface area contributed by atoms with Crippen LogP contribution in [0, 0.1) is 0 Å². The summed E-state index contributed by atoms with van der Waals surface area (Å²) in [6, 6.07) is 2.53. The van der Waals surface area contributed by atoms with Crippen LogP contribution in [0.4, 0.5) is 0 Å². The molecule has 0 aliphatic carbocycles. The largest absolute Gasteiger partial charge is 0.297 e. The predicted molar refractivity (Wildman–Crippen MR) is 46.8 cm³/mol. The molecule has 0 aromatic carbocycles. The number of pyridine rings is 1. The minimum absolute atomic E-state index is 0.258. The molecule has 4 nitrogen and oxygen atoms in total. The fourth-order valence-electron chi connectivity index (χ4n) is 0.592. The summed E-state index contributed by atoms with van der Waals surface area (Å²) in [7, 11) is -4.27. The van der Waals surface area contributed by atoms with Crippen molar-refractivity contribution >= 4 is 37.6 Å². The predicted octanol–water partition coefficient (Wildman–Crippen LogP) is 1.74. The van der Waals surface area contributed by atoms with Crippen LogP contribution in [0.25, 0.3) is 0 Å². The molecule has 1 N–H and O–H groups in total. The lowest BCUT2D eigenvalue weighted by atomic mass is 10.5. The van der Waals surface area contributed by atoms with E-state index in [2.05, 4.69) is 20.9 Å². The Hall–Kier alpha value is -0.170. The van der Waals surface area contributed by atoms with Crippen LogP contribution in [0.3, 0.4) is 0 Å². The molecule has 1 aromatic rings. The Balaban J connectivity index is 3.39. The lowest BCUT2D eigenvalue weighted by Crippen LogP contribution is -1.99. The summed E-state index contributed by atoms with van der Waals surface area (Å²) >= 11 is 8.42. The third-order valence-corrected chi connectivity index (χ3v) is 2.79. The van der Waals surface area contributed by atoms with Gasteiger partial charge in [-0.3, -0.25) is 4.55 Å². The fraction of sp³-hybridized carbons (Fsp3) is 0. The van der Waals surface area contributed by atoms with Gasteiger partial charge in [0, 0.05) is 0 Å². The number of nitrogens with zero attached hydrogens (tertiary/aromatic N) is 1. The van der Waals surface area contributed by atoms with E-state index in [9.17, 15) is 8.42 Å². The van der Waals surface area contributed by atoms with Crippen LogP contribution in [0.15, 0.2) is 21.6 Å². The highest BCUT2D eigenvalue weighted by Crippen LogP contribution is 2.20. The summed E-state index contributed by atoms with van der Waals surface area (Å²) in [4.78, 5) is 3.19. The standard InChI is InChI=1S/C5H3BrClNO3S/c6-4-2-1-3(5(7)8-4)12(9,10)11/h1-2H,(H,9,10,11). The molecule has 0 bridgehead atoms. The first-order valence-corrected chi connectivity index (χ1v) is 5.32. The lowest BCUT2D eigenvalue weighted by Gasteiger charge is -1.98. The van der Waals surface area contributed by atoms with E-state index >= 15 is 0 Å². The maximum atomic E-state index is 10.6. The van der Waals surface area contributed by atoms with Gasteiger partial charge in [-0.05, 0) is 28.1 Å². The van der Waals surface area contributed by atoms with Crippen LogP contribution in [-0.2, 0) is 10.1 Å². The molecule has 0 aliphatic rings. The maximum absolute atomic E-state index is 10.6. The zero-order valence-electron chi connectivity index (χ0n) is 5.53. The van der Waals surface area contributed by atoms with Gasteiger partial charge in [-0.2, -0.15) is 8.42 Å². The Kier molecular flexibility index (Phi) is 2.72. The second kappa shape index (κ2) is 3.29. The van der Waals surface area contributed by atoms with Gasteiger partial charge < -0.3 is 0 Å². The molecule has 0 amide bonds. The second-order valence-corrected chi connectivity index (χ2v) is 4.46. The first kappa shape index (κ1) is 9.91. The van der Waals surface area contributed by atoms with Gasteiger partial charge in [0.15, 0.2) is 5.15 Å². The average molecular weight is 273 g/mol. The summed E-state index contributed by atoms with van der Waals surface area (Å²) < 4.78 is 30.2. The van der Waals surface area contributed by atoms with Crippen molar-refractivity contribution in [3.8, 4) is 0 Å². The third-order valence-electron chi connectivity index (χ3n) is 1.06. The molecule has 1 aromatic heterocycles. The van der Waals surface area contributed by atoms with E-state index in [1.165, 1.54) is 6.07 Å². The van der Waals surface area contributed by atoms with Gasteiger partial charge in [0.25, 0.3) is 10.1 Å². The quantitative estimate of drug-likeness (QED) is 0.625. The van der Waals surface area contributed by atoms with Crippen molar-refractivity contribution in [3.63, 3.8) is 0 Å². The molecule has 0 atom stereocenters. The molecule has 12 heavy (non-hydrogen) atoms. The molecule has 7 heteroatoms. The highest BCUT2D eigenvalue weighted by molar-refractivity contribution is 9.10. The van der Waals surface area contributed by atoms with E-state index in [0.717, 1.165) is 6.07 Å². The van der Waals surface area contributed by atoms with Crippen LogP contribution in [0.2, 0.25) is 5.15 Å². The molecule has 0 saturated carbocycles. The molecule has 0 spiro atoms. The Morgan fingerprint density at radius 2 is 2.08 bits per heavy atom. The monoisotopic (exact) mass is 271 g/mol.